The minimum atomic E-state index is -0.825. The molecule has 0 bridgehead atoms. The Morgan fingerprint density at radius 3 is 2.43 bits per heavy atom. The van der Waals surface area contributed by atoms with Crippen molar-refractivity contribution in [3.63, 3.8) is 0 Å². The van der Waals surface area contributed by atoms with Crippen LogP contribution in [-0.4, -0.2) is 18.0 Å². The zero-order chi connectivity index (χ0) is 16.0. The molecule has 5 heteroatoms. The van der Waals surface area contributed by atoms with Crippen molar-refractivity contribution in [2.75, 3.05) is 6.54 Å². The minimum Gasteiger partial charge on any atom is -0.333 e. The van der Waals surface area contributed by atoms with E-state index in [0.717, 1.165) is 5.56 Å². The van der Waals surface area contributed by atoms with Crippen molar-refractivity contribution in [2.45, 2.75) is 39.3 Å². The highest BCUT2D eigenvalue weighted by Gasteiger charge is 2.30. The molecule has 4 nitrogen and oxygen atoms in total. The molecule has 0 saturated carbocycles. The fourth-order valence-electron chi connectivity index (χ4n) is 1.83. The van der Waals surface area contributed by atoms with Gasteiger partial charge in [-0.05, 0) is 31.9 Å². The zero-order valence-electron chi connectivity index (χ0n) is 13.0. The van der Waals surface area contributed by atoms with E-state index in [1.807, 2.05) is 50.4 Å². The van der Waals surface area contributed by atoms with E-state index in [1.165, 1.54) is 0 Å². The van der Waals surface area contributed by atoms with Crippen LogP contribution in [-0.2, 0) is 4.79 Å². The lowest BCUT2D eigenvalue weighted by molar-refractivity contribution is -0.682. The summed E-state index contributed by atoms with van der Waals surface area (Å²) >= 11 is 5.86. The van der Waals surface area contributed by atoms with E-state index in [9.17, 15) is 10.1 Å². The molecule has 0 saturated heterocycles. The Hall–Kier alpha value is -1.57. The van der Waals surface area contributed by atoms with E-state index in [-0.39, 0.29) is 24.4 Å². The Morgan fingerprint density at radius 2 is 1.95 bits per heavy atom. The fraction of sp³-hybridized carbons (Fsp3) is 0.500. The molecular formula is C16H23ClN3O+. The molecule has 0 heterocycles. The first-order valence-electron chi connectivity index (χ1n) is 7.09. The fourth-order valence-corrected chi connectivity index (χ4v) is 1.95. The van der Waals surface area contributed by atoms with Crippen LogP contribution in [0, 0.1) is 17.2 Å². The highest BCUT2D eigenvalue weighted by Crippen LogP contribution is 2.15. The van der Waals surface area contributed by atoms with Crippen molar-refractivity contribution >= 4 is 17.5 Å². The predicted molar refractivity (Wildman–Crippen MR) is 83.7 cm³/mol. The molecule has 0 aliphatic heterocycles. The third-order valence-electron chi connectivity index (χ3n) is 3.84. The first kappa shape index (κ1) is 17.5. The van der Waals surface area contributed by atoms with Gasteiger partial charge < -0.3 is 10.6 Å². The van der Waals surface area contributed by atoms with Crippen LogP contribution in [0.15, 0.2) is 24.3 Å². The summed E-state index contributed by atoms with van der Waals surface area (Å²) < 4.78 is 0. The third-order valence-corrected chi connectivity index (χ3v) is 4.09. The minimum absolute atomic E-state index is 0.0557. The molecule has 0 aromatic heterocycles. The van der Waals surface area contributed by atoms with Gasteiger partial charge in [-0.1, -0.05) is 37.6 Å². The van der Waals surface area contributed by atoms with Crippen LogP contribution in [0.2, 0.25) is 5.02 Å². The second-order valence-corrected chi connectivity index (χ2v) is 6.23. The summed E-state index contributed by atoms with van der Waals surface area (Å²) in [6, 6.07) is 9.91. The van der Waals surface area contributed by atoms with Crippen molar-refractivity contribution in [2.24, 2.45) is 5.92 Å². The maximum atomic E-state index is 12.0. The average molecular weight is 309 g/mol. The number of carbonyl (C=O) groups is 1. The van der Waals surface area contributed by atoms with Gasteiger partial charge in [-0.2, -0.15) is 5.26 Å². The Bertz CT molecular complexity index is 521. The summed E-state index contributed by atoms with van der Waals surface area (Å²) in [7, 11) is 0. The Balaban J connectivity index is 2.53. The number of hydrogen-bond acceptors (Lipinski definition) is 2. The van der Waals surface area contributed by atoms with Crippen LogP contribution >= 0.6 is 11.6 Å². The molecule has 0 aliphatic carbocycles. The van der Waals surface area contributed by atoms with Gasteiger partial charge in [0.25, 0.3) is 5.91 Å². The van der Waals surface area contributed by atoms with Gasteiger partial charge in [0.1, 0.15) is 11.6 Å². The summed E-state index contributed by atoms with van der Waals surface area (Å²) in [6.45, 7) is 7.90. The lowest BCUT2D eigenvalue weighted by Gasteiger charge is -2.27. The summed E-state index contributed by atoms with van der Waals surface area (Å²) in [5, 5.41) is 14.6. The van der Waals surface area contributed by atoms with Crippen LogP contribution < -0.4 is 10.6 Å². The summed E-state index contributed by atoms with van der Waals surface area (Å²) in [6.07, 6.45) is 0. The van der Waals surface area contributed by atoms with Crippen LogP contribution in [0.1, 0.15) is 39.3 Å². The molecule has 1 aromatic carbocycles. The molecular weight excluding hydrogens is 286 g/mol. The molecule has 0 spiro atoms. The molecule has 1 aromatic rings. The summed E-state index contributed by atoms with van der Waals surface area (Å²) in [4.78, 5) is 12.0. The van der Waals surface area contributed by atoms with Gasteiger partial charge in [0.05, 0.1) is 6.07 Å². The quantitative estimate of drug-likeness (QED) is 0.844. The van der Waals surface area contributed by atoms with E-state index in [1.54, 1.807) is 6.92 Å². The van der Waals surface area contributed by atoms with Crippen LogP contribution in [0.5, 0.6) is 0 Å². The normalized spacial score (nSPS) is 15.1. The van der Waals surface area contributed by atoms with E-state index in [4.69, 9.17) is 11.6 Å². The highest BCUT2D eigenvalue weighted by atomic mass is 35.5. The predicted octanol–water partition coefficient (Wildman–Crippen LogP) is 2.02. The summed E-state index contributed by atoms with van der Waals surface area (Å²) in [5.41, 5.74) is 0.285. The molecule has 1 amide bonds. The maximum Gasteiger partial charge on any atom is 0.276 e. The van der Waals surface area contributed by atoms with Crippen molar-refractivity contribution < 1.29 is 10.1 Å². The van der Waals surface area contributed by atoms with Crippen LogP contribution in [0.3, 0.4) is 0 Å². The Morgan fingerprint density at radius 1 is 1.38 bits per heavy atom. The van der Waals surface area contributed by atoms with Gasteiger partial charge in [0.15, 0.2) is 6.54 Å². The van der Waals surface area contributed by atoms with E-state index < -0.39 is 5.54 Å². The molecule has 1 rings (SSSR count). The van der Waals surface area contributed by atoms with E-state index in [2.05, 4.69) is 11.4 Å². The lowest BCUT2D eigenvalue weighted by atomic mass is 9.90. The van der Waals surface area contributed by atoms with Crippen molar-refractivity contribution in [1.82, 2.24) is 5.32 Å². The molecule has 0 radical (unpaired) electrons. The van der Waals surface area contributed by atoms with Crippen molar-refractivity contribution in [3.05, 3.63) is 34.9 Å². The third kappa shape index (κ3) is 5.04. The van der Waals surface area contributed by atoms with E-state index >= 15 is 0 Å². The number of quaternary nitrogens is 1. The first-order valence-corrected chi connectivity index (χ1v) is 7.47. The number of nitrogens with zero attached hydrogens (tertiary/aromatic N) is 1. The van der Waals surface area contributed by atoms with Gasteiger partial charge in [0.2, 0.25) is 0 Å². The molecule has 0 aliphatic rings. The van der Waals surface area contributed by atoms with Crippen LogP contribution in [0.25, 0.3) is 0 Å². The van der Waals surface area contributed by atoms with Crippen molar-refractivity contribution in [3.8, 4) is 6.07 Å². The second kappa shape index (κ2) is 7.44. The number of nitrogens with one attached hydrogen (secondary N) is 1. The molecule has 0 fully saturated rings. The standard InChI is InChI=1S/C16H22ClN3O/c1-11(2)16(4,10-18)20-15(21)9-19-12(3)13-5-7-14(17)8-6-13/h5-8,11-12,19H,9H2,1-4H3,(H,20,21)/p+1/t12-,16-/m0/s1. The monoisotopic (exact) mass is 308 g/mol. The SMILES string of the molecule is CC(C)[C@](C)(C#N)NC(=O)C[NH2+][C@@H](C)c1ccc(Cl)cc1. The molecule has 3 N–H and O–H groups in total. The van der Waals surface area contributed by atoms with Gasteiger partial charge in [-0.15, -0.1) is 0 Å². The van der Waals surface area contributed by atoms with Gasteiger partial charge >= 0.3 is 0 Å². The molecule has 114 valence electrons. The van der Waals surface area contributed by atoms with Gasteiger partial charge in [-0.25, -0.2) is 0 Å². The average Bonchev–Trinajstić information content (AvgIpc) is 2.45. The van der Waals surface area contributed by atoms with Gasteiger partial charge in [0, 0.05) is 10.6 Å². The van der Waals surface area contributed by atoms with Gasteiger partial charge in [-0.3, -0.25) is 4.79 Å². The Labute approximate surface area is 131 Å². The molecule has 21 heavy (non-hydrogen) atoms. The second-order valence-electron chi connectivity index (χ2n) is 5.80. The number of rotatable bonds is 6. The smallest absolute Gasteiger partial charge is 0.276 e. The molecule has 0 unspecified atom stereocenters. The number of carbonyl (C=O) groups excluding carboxylic acids is 1. The number of nitriles is 1. The topological polar surface area (TPSA) is 69.5 Å². The Kier molecular flexibility index (Phi) is 6.19. The lowest BCUT2D eigenvalue weighted by Crippen LogP contribution is -2.87. The largest absolute Gasteiger partial charge is 0.333 e. The molecule has 2 atom stereocenters. The summed E-state index contributed by atoms with van der Waals surface area (Å²) in [5.74, 6) is -0.0753. The number of halogens is 1. The van der Waals surface area contributed by atoms with Crippen LogP contribution in [0.4, 0.5) is 0 Å². The number of nitrogens with two attached hydrogens (primary N) is 1. The highest BCUT2D eigenvalue weighted by molar-refractivity contribution is 6.30. The zero-order valence-corrected chi connectivity index (χ0v) is 13.7. The first-order chi connectivity index (χ1) is 9.78. The number of hydrogen-bond donors (Lipinski definition) is 2. The van der Waals surface area contributed by atoms with E-state index in [0.29, 0.717) is 5.02 Å². The maximum absolute atomic E-state index is 12.0. The number of amides is 1. The number of benzene rings is 1. The van der Waals surface area contributed by atoms with Crippen molar-refractivity contribution in [1.29, 1.82) is 5.26 Å².